The third-order valence-corrected chi connectivity index (χ3v) is 2.18. The lowest BCUT2D eigenvalue weighted by Gasteiger charge is -2.22. The number of benzene rings is 1. The van der Waals surface area contributed by atoms with Crippen molar-refractivity contribution in [2.24, 2.45) is 5.73 Å². The number of halogens is 2. The van der Waals surface area contributed by atoms with Crippen molar-refractivity contribution in [2.75, 3.05) is 0 Å². The topological polar surface area (TPSA) is 52.3 Å². The van der Waals surface area contributed by atoms with E-state index in [9.17, 15) is 13.6 Å². The third kappa shape index (κ3) is 4.07. The van der Waals surface area contributed by atoms with Gasteiger partial charge in [0.25, 0.3) is 0 Å². The zero-order valence-corrected chi connectivity index (χ0v) is 10.7. The van der Waals surface area contributed by atoms with Crippen LogP contribution in [-0.4, -0.2) is 17.6 Å². The largest absolute Gasteiger partial charge is 0.459 e. The molecule has 0 radical (unpaired) electrons. The molecule has 0 heterocycles. The van der Waals surface area contributed by atoms with Crippen LogP contribution in [0.25, 0.3) is 0 Å². The minimum absolute atomic E-state index is 0.0633. The standard InChI is InChI=1S/C13H17F2NO2/c1-13(2,3)18-12(17)10(16)7-8-5-4-6-9(14)11(8)15/h4-6,10H,7,16H2,1-3H3. The summed E-state index contributed by atoms with van der Waals surface area (Å²) in [6, 6.07) is 2.76. The zero-order chi connectivity index (χ0) is 13.9. The van der Waals surface area contributed by atoms with E-state index in [0.717, 1.165) is 6.07 Å². The highest BCUT2D eigenvalue weighted by Crippen LogP contribution is 2.14. The summed E-state index contributed by atoms with van der Waals surface area (Å²) in [6.45, 7) is 5.13. The van der Waals surface area contributed by atoms with Crippen LogP contribution in [0.4, 0.5) is 8.78 Å². The van der Waals surface area contributed by atoms with Gasteiger partial charge >= 0.3 is 5.97 Å². The molecule has 0 bridgehead atoms. The summed E-state index contributed by atoms with van der Waals surface area (Å²) in [4.78, 5) is 11.6. The normalized spacial score (nSPS) is 13.2. The van der Waals surface area contributed by atoms with Crippen molar-refractivity contribution in [1.82, 2.24) is 0 Å². The van der Waals surface area contributed by atoms with Crippen LogP contribution in [0.3, 0.4) is 0 Å². The first-order valence-electron chi connectivity index (χ1n) is 5.62. The summed E-state index contributed by atoms with van der Waals surface area (Å²) < 4.78 is 31.4. The Morgan fingerprint density at radius 3 is 2.56 bits per heavy atom. The molecule has 2 N–H and O–H groups in total. The maximum atomic E-state index is 13.4. The fourth-order valence-electron chi connectivity index (χ4n) is 1.40. The van der Waals surface area contributed by atoms with E-state index < -0.39 is 29.2 Å². The monoisotopic (exact) mass is 257 g/mol. The summed E-state index contributed by atoms with van der Waals surface area (Å²) >= 11 is 0. The quantitative estimate of drug-likeness (QED) is 0.844. The third-order valence-electron chi connectivity index (χ3n) is 2.18. The smallest absolute Gasteiger partial charge is 0.323 e. The lowest BCUT2D eigenvalue weighted by atomic mass is 10.1. The number of ether oxygens (including phenoxy) is 1. The van der Waals surface area contributed by atoms with Crippen molar-refractivity contribution in [3.63, 3.8) is 0 Å². The predicted octanol–water partition coefficient (Wildman–Crippen LogP) is 2.18. The minimum atomic E-state index is -1.01. The highest BCUT2D eigenvalue weighted by molar-refractivity contribution is 5.76. The lowest BCUT2D eigenvalue weighted by molar-refractivity contribution is -0.156. The number of nitrogens with two attached hydrogens (primary N) is 1. The molecule has 1 rings (SSSR count). The number of rotatable bonds is 3. The molecule has 3 nitrogen and oxygen atoms in total. The zero-order valence-electron chi connectivity index (χ0n) is 10.7. The maximum Gasteiger partial charge on any atom is 0.323 e. The Bertz CT molecular complexity index is 441. The first-order valence-corrected chi connectivity index (χ1v) is 5.62. The fourth-order valence-corrected chi connectivity index (χ4v) is 1.40. The van der Waals surface area contributed by atoms with Gasteiger partial charge in [-0.3, -0.25) is 4.79 Å². The van der Waals surface area contributed by atoms with Gasteiger partial charge in [-0.15, -0.1) is 0 Å². The Morgan fingerprint density at radius 1 is 1.39 bits per heavy atom. The van der Waals surface area contributed by atoms with Crippen LogP contribution in [0.15, 0.2) is 18.2 Å². The van der Waals surface area contributed by atoms with Crippen LogP contribution >= 0.6 is 0 Å². The van der Waals surface area contributed by atoms with Crippen molar-refractivity contribution < 1.29 is 18.3 Å². The molecule has 0 saturated carbocycles. The first kappa shape index (κ1) is 14.6. The molecule has 5 heteroatoms. The van der Waals surface area contributed by atoms with Gasteiger partial charge in [-0.2, -0.15) is 0 Å². The van der Waals surface area contributed by atoms with Gasteiger partial charge in [0.2, 0.25) is 0 Å². The van der Waals surface area contributed by atoms with E-state index in [1.165, 1.54) is 12.1 Å². The molecule has 1 aromatic carbocycles. The van der Waals surface area contributed by atoms with Crippen LogP contribution in [0.1, 0.15) is 26.3 Å². The molecule has 0 aliphatic carbocycles. The maximum absolute atomic E-state index is 13.4. The second kappa shape index (κ2) is 5.44. The van der Waals surface area contributed by atoms with Gasteiger partial charge in [0.05, 0.1) is 0 Å². The SMILES string of the molecule is CC(C)(C)OC(=O)C(N)Cc1cccc(F)c1F. The molecular formula is C13H17F2NO2. The minimum Gasteiger partial charge on any atom is -0.459 e. The van der Waals surface area contributed by atoms with Gasteiger partial charge in [0.1, 0.15) is 11.6 Å². The average molecular weight is 257 g/mol. The molecule has 0 saturated heterocycles. The number of hydrogen-bond donors (Lipinski definition) is 1. The van der Waals surface area contributed by atoms with Crippen molar-refractivity contribution >= 4 is 5.97 Å². The molecule has 18 heavy (non-hydrogen) atoms. The number of carbonyl (C=O) groups excluding carboxylic acids is 1. The summed E-state index contributed by atoms with van der Waals surface area (Å²) in [6.07, 6.45) is -0.0987. The molecule has 0 aromatic heterocycles. The van der Waals surface area contributed by atoms with Crippen LogP contribution in [0.5, 0.6) is 0 Å². The van der Waals surface area contributed by atoms with E-state index in [-0.39, 0.29) is 12.0 Å². The second-order valence-corrected chi connectivity index (χ2v) is 5.06. The molecule has 0 amide bonds. The average Bonchev–Trinajstić information content (AvgIpc) is 2.22. The molecule has 1 atom stereocenters. The first-order chi connectivity index (χ1) is 8.20. The fraction of sp³-hybridized carbons (Fsp3) is 0.462. The van der Waals surface area contributed by atoms with E-state index in [1.54, 1.807) is 20.8 Å². The Kier molecular flexibility index (Phi) is 4.40. The number of carbonyl (C=O) groups is 1. The molecule has 0 spiro atoms. The van der Waals surface area contributed by atoms with Crippen molar-refractivity contribution in [3.05, 3.63) is 35.4 Å². The van der Waals surface area contributed by atoms with E-state index in [1.807, 2.05) is 0 Å². The van der Waals surface area contributed by atoms with Crippen LogP contribution < -0.4 is 5.73 Å². The summed E-state index contributed by atoms with van der Waals surface area (Å²) in [7, 11) is 0. The molecule has 100 valence electrons. The highest BCUT2D eigenvalue weighted by atomic mass is 19.2. The van der Waals surface area contributed by atoms with Crippen molar-refractivity contribution in [1.29, 1.82) is 0 Å². The molecule has 0 fully saturated rings. The Balaban J connectivity index is 2.73. The van der Waals surface area contributed by atoms with Gasteiger partial charge in [-0.25, -0.2) is 8.78 Å². The Morgan fingerprint density at radius 2 is 2.00 bits per heavy atom. The van der Waals surface area contributed by atoms with E-state index in [0.29, 0.717) is 0 Å². The predicted molar refractivity (Wildman–Crippen MR) is 63.9 cm³/mol. The molecule has 1 aromatic rings. The van der Waals surface area contributed by atoms with Gasteiger partial charge in [0, 0.05) is 6.42 Å². The Labute approximate surface area is 105 Å². The van der Waals surface area contributed by atoms with Crippen molar-refractivity contribution in [3.8, 4) is 0 Å². The van der Waals surface area contributed by atoms with Crippen LogP contribution in [0.2, 0.25) is 0 Å². The molecule has 0 aliphatic heterocycles. The van der Waals surface area contributed by atoms with E-state index in [4.69, 9.17) is 10.5 Å². The highest BCUT2D eigenvalue weighted by Gasteiger charge is 2.23. The second-order valence-electron chi connectivity index (χ2n) is 5.06. The number of hydrogen-bond acceptors (Lipinski definition) is 3. The van der Waals surface area contributed by atoms with Gasteiger partial charge in [-0.05, 0) is 32.4 Å². The summed E-state index contributed by atoms with van der Waals surface area (Å²) in [5.74, 6) is -2.56. The Hall–Kier alpha value is -1.49. The number of esters is 1. The molecular weight excluding hydrogens is 240 g/mol. The molecule has 0 aliphatic rings. The van der Waals surface area contributed by atoms with Crippen molar-refractivity contribution in [2.45, 2.75) is 38.8 Å². The lowest BCUT2D eigenvalue weighted by Crippen LogP contribution is -2.39. The van der Waals surface area contributed by atoms with E-state index >= 15 is 0 Å². The van der Waals surface area contributed by atoms with E-state index in [2.05, 4.69) is 0 Å². The van der Waals surface area contributed by atoms with Crippen LogP contribution in [0, 0.1) is 11.6 Å². The van der Waals surface area contributed by atoms with Gasteiger partial charge < -0.3 is 10.5 Å². The van der Waals surface area contributed by atoms with Crippen LogP contribution in [-0.2, 0) is 16.0 Å². The van der Waals surface area contributed by atoms with Gasteiger partial charge in [-0.1, -0.05) is 12.1 Å². The summed E-state index contributed by atoms with van der Waals surface area (Å²) in [5.41, 5.74) is 5.02. The summed E-state index contributed by atoms with van der Waals surface area (Å²) in [5, 5.41) is 0. The molecule has 1 unspecified atom stereocenters. The van der Waals surface area contributed by atoms with Gasteiger partial charge in [0.15, 0.2) is 11.6 Å².